The normalized spacial score (nSPS) is 10.8. The van der Waals surface area contributed by atoms with Gasteiger partial charge in [-0.25, -0.2) is 9.97 Å². The molecule has 35 heavy (non-hydrogen) atoms. The van der Waals surface area contributed by atoms with E-state index in [0.717, 1.165) is 22.4 Å². The van der Waals surface area contributed by atoms with Crippen LogP contribution in [-0.4, -0.2) is 38.0 Å². The molecule has 3 heterocycles. The van der Waals surface area contributed by atoms with Gasteiger partial charge in [-0.15, -0.1) is 0 Å². The van der Waals surface area contributed by atoms with Crippen LogP contribution in [0.15, 0.2) is 82.5 Å². The maximum Gasteiger partial charge on any atom is 0.299 e. The number of hydrogen-bond acceptors (Lipinski definition) is 9. The van der Waals surface area contributed by atoms with Crippen LogP contribution in [0, 0.1) is 0 Å². The molecule has 0 aliphatic carbocycles. The maximum absolute atomic E-state index is 12.2. The molecule has 0 saturated carbocycles. The minimum Gasteiger partial charge on any atom is -0.496 e. The second kappa shape index (κ2) is 9.91. The van der Waals surface area contributed by atoms with Crippen molar-refractivity contribution in [2.45, 2.75) is 13.1 Å². The number of amides is 1. The zero-order valence-corrected chi connectivity index (χ0v) is 18.7. The molecule has 0 atom stereocenters. The van der Waals surface area contributed by atoms with E-state index in [1.807, 2.05) is 42.5 Å². The Morgan fingerprint density at radius 3 is 2.71 bits per heavy atom. The summed E-state index contributed by atoms with van der Waals surface area (Å²) in [5, 5.41) is 13.9. The third kappa shape index (κ3) is 5.03. The zero-order valence-electron chi connectivity index (χ0n) is 18.7. The van der Waals surface area contributed by atoms with Gasteiger partial charge in [0, 0.05) is 23.9 Å². The molecule has 176 valence electrons. The molecule has 0 fully saturated rings. The molecule has 5 aromatic rings. The number of oxazole rings is 2. The molecule has 0 unspecified atom stereocenters. The summed E-state index contributed by atoms with van der Waals surface area (Å²) in [5.41, 5.74) is 3.22. The number of methoxy groups -OCH3 is 1. The van der Waals surface area contributed by atoms with Gasteiger partial charge < -0.3 is 24.2 Å². The van der Waals surface area contributed by atoms with Crippen molar-refractivity contribution >= 4 is 17.6 Å². The summed E-state index contributed by atoms with van der Waals surface area (Å²) in [5.74, 6) is 1.59. The Hall–Kier alpha value is -4.93. The largest absolute Gasteiger partial charge is 0.496 e. The van der Waals surface area contributed by atoms with Gasteiger partial charge in [0.2, 0.25) is 5.91 Å². The number of carbonyl (C=O) groups excluding carboxylic acids is 1. The van der Waals surface area contributed by atoms with Crippen LogP contribution in [-0.2, 0) is 17.9 Å². The fourth-order valence-corrected chi connectivity index (χ4v) is 3.52. The average Bonchev–Trinajstić information content (AvgIpc) is 3.66. The summed E-state index contributed by atoms with van der Waals surface area (Å²) in [4.78, 5) is 21.8. The van der Waals surface area contributed by atoms with E-state index < -0.39 is 0 Å². The standard InChI is InChI=1S/C24H21N7O4/c1-33-20-10-17(6-7-19(20)21-12-25-15-34-21)30-24-27-13-22(35-24)18-5-3-2-4-16(18)11-26-23(32)14-31-28-8-9-29-31/h2-10,12-13,15H,11,14H2,1H3,(H,26,32)(H,27,30). The molecule has 2 aromatic carbocycles. The van der Waals surface area contributed by atoms with Crippen LogP contribution in [0.25, 0.3) is 22.6 Å². The zero-order chi connectivity index (χ0) is 24.0. The number of aromatic nitrogens is 5. The number of carbonyl (C=O) groups is 1. The van der Waals surface area contributed by atoms with Gasteiger partial charge >= 0.3 is 0 Å². The van der Waals surface area contributed by atoms with Crippen LogP contribution in [0.3, 0.4) is 0 Å². The van der Waals surface area contributed by atoms with E-state index in [4.69, 9.17) is 13.6 Å². The second-order valence-electron chi connectivity index (χ2n) is 7.43. The van der Waals surface area contributed by atoms with Crippen molar-refractivity contribution in [2.75, 3.05) is 12.4 Å². The molecule has 11 heteroatoms. The third-order valence-electron chi connectivity index (χ3n) is 5.17. The number of anilines is 2. The Morgan fingerprint density at radius 2 is 1.91 bits per heavy atom. The van der Waals surface area contributed by atoms with Crippen molar-refractivity contribution < 1.29 is 18.4 Å². The van der Waals surface area contributed by atoms with Crippen LogP contribution in [0.2, 0.25) is 0 Å². The third-order valence-corrected chi connectivity index (χ3v) is 5.17. The lowest BCUT2D eigenvalue weighted by atomic mass is 10.1. The van der Waals surface area contributed by atoms with E-state index in [2.05, 4.69) is 30.8 Å². The first-order valence-corrected chi connectivity index (χ1v) is 10.7. The average molecular weight is 471 g/mol. The maximum atomic E-state index is 12.2. The number of benzene rings is 2. The van der Waals surface area contributed by atoms with Crippen LogP contribution in [0.1, 0.15) is 5.56 Å². The van der Waals surface area contributed by atoms with E-state index >= 15 is 0 Å². The summed E-state index contributed by atoms with van der Waals surface area (Å²) in [6, 6.07) is 13.5. The van der Waals surface area contributed by atoms with Gasteiger partial charge in [0.05, 0.1) is 37.5 Å². The smallest absolute Gasteiger partial charge is 0.299 e. The second-order valence-corrected chi connectivity index (χ2v) is 7.43. The first-order chi connectivity index (χ1) is 17.2. The lowest BCUT2D eigenvalue weighted by molar-refractivity contribution is -0.122. The summed E-state index contributed by atoms with van der Waals surface area (Å²) < 4.78 is 16.8. The molecule has 0 radical (unpaired) electrons. The first-order valence-electron chi connectivity index (χ1n) is 10.7. The predicted molar refractivity (Wildman–Crippen MR) is 126 cm³/mol. The Balaban J connectivity index is 1.29. The monoisotopic (exact) mass is 471 g/mol. The molecular formula is C24H21N7O4. The SMILES string of the molecule is COc1cc(Nc2ncc(-c3ccccc3CNC(=O)Cn3nccn3)o2)ccc1-c1cnco1. The lowest BCUT2D eigenvalue weighted by Crippen LogP contribution is -2.28. The van der Waals surface area contributed by atoms with Crippen molar-refractivity contribution in [3.8, 4) is 28.4 Å². The molecule has 0 aliphatic heterocycles. The molecule has 2 N–H and O–H groups in total. The Morgan fingerprint density at radius 1 is 1.06 bits per heavy atom. The van der Waals surface area contributed by atoms with Crippen LogP contribution in [0.5, 0.6) is 5.75 Å². The Kier molecular flexibility index (Phi) is 6.20. The van der Waals surface area contributed by atoms with Crippen LogP contribution >= 0.6 is 0 Å². The molecule has 0 spiro atoms. The lowest BCUT2D eigenvalue weighted by Gasteiger charge is -2.10. The van der Waals surface area contributed by atoms with Crippen LogP contribution < -0.4 is 15.4 Å². The number of hydrogen-bond donors (Lipinski definition) is 2. The number of rotatable bonds is 9. The highest BCUT2D eigenvalue weighted by molar-refractivity contribution is 5.76. The summed E-state index contributed by atoms with van der Waals surface area (Å²) in [7, 11) is 1.59. The van der Waals surface area contributed by atoms with E-state index in [9.17, 15) is 4.79 Å². The Bertz CT molecular complexity index is 1410. The first kappa shape index (κ1) is 21.9. The molecule has 3 aromatic heterocycles. The van der Waals surface area contributed by atoms with Crippen LogP contribution in [0.4, 0.5) is 11.7 Å². The summed E-state index contributed by atoms with van der Waals surface area (Å²) in [6.07, 6.45) is 7.68. The van der Waals surface area contributed by atoms with Gasteiger partial charge in [0.1, 0.15) is 12.3 Å². The summed E-state index contributed by atoms with van der Waals surface area (Å²) >= 11 is 0. The quantitative estimate of drug-likeness (QED) is 0.330. The highest BCUT2D eigenvalue weighted by atomic mass is 16.5. The fraction of sp³-hybridized carbons (Fsp3) is 0.125. The summed E-state index contributed by atoms with van der Waals surface area (Å²) in [6.45, 7) is 0.365. The molecule has 5 rings (SSSR count). The van der Waals surface area contributed by atoms with Gasteiger partial charge in [-0.2, -0.15) is 15.0 Å². The van der Waals surface area contributed by atoms with Gasteiger partial charge in [0.15, 0.2) is 17.9 Å². The number of ether oxygens (including phenoxy) is 1. The van der Waals surface area contributed by atoms with E-state index in [1.54, 1.807) is 19.5 Å². The van der Waals surface area contributed by atoms with Crippen molar-refractivity contribution in [1.29, 1.82) is 0 Å². The topological polar surface area (TPSA) is 133 Å². The molecule has 1 amide bonds. The molecular weight excluding hydrogens is 450 g/mol. The van der Waals surface area contributed by atoms with Gasteiger partial charge in [0.25, 0.3) is 6.01 Å². The number of nitrogens with one attached hydrogen (secondary N) is 2. The van der Waals surface area contributed by atoms with Crippen molar-refractivity contribution in [2.24, 2.45) is 0 Å². The molecule has 11 nitrogen and oxygen atoms in total. The predicted octanol–water partition coefficient (Wildman–Crippen LogP) is 3.66. The fourth-order valence-electron chi connectivity index (χ4n) is 3.52. The molecule has 0 aliphatic rings. The number of nitrogens with zero attached hydrogens (tertiary/aromatic N) is 5. The van der Waals surface area contributed by atoms with Gasteiger partial charge in [-0.1, -0.05) is 24.3 Å². The van der Waals surface area contributed by atoms with Crippen molar-refractivity contribution in [3.63, 3.8) is 0 Å². The van der Waals surface area contributed by atoms with Crippen molar-refractivity contribution in [1.82, 2.24) is 30.3 Å². The minimum absolute atomic E-state index is 0.0459. The van der Waals surface area contributed by atoms with E-state index in [-0.39, 0.29) is 12.5 Å². The minimum atomic E-state index is -0.196. The van der Waals surface area contributed by atoms with Gasteiger partial charge in [-0.05, 0) is 17.7 Å². The van der Waals surface area contributed by atoms with Crippen molar-refractivity contribution in [3.05, 3.63) is 79.2 Å². The Labute approximate surface area is 199 Å². The highest BCUT2D eigenvalue weighted by Crippen LogP contribution is 2.34. The highest BCUT2D eigenvalue weighted by Gasteiger charge is 2.14. The molecule has 0 bridgehead atoms. The van der Waals surface area contributed by atoms with E-state index in [1.165, 1.54) is 23.6 Å². The van der Waals surface area contributed by atoms with E-state index in [0.29, 0.717) is 29.8 Å². The molecule has 0 saturated heterocycles. The van der Waals surface area contributed by atoms with Gasteiger partial charge in [-0.3, -0.25) is 4.79 Å².